The Kier molecular flexibility index (Phi) is 9.54. The highest BCUT2D eigenvalue weighted by Gasteiger charge is 2.14. The Hall–Kier alpha value is -0.760. The van der Waals surface area contributed by atoms with Gasteiger partial charge in [0, 0.05) is 45.6 Å². The Bertz CT molecular complexity index is 412. The molecular weight excluding hydrogens is 389 g/mol. The minimum absolute atomic E-state index is 0. The maximum Gasteiger partial charge on any atom is 0.191 e. The van der Waals surface area contributed by atoms with Gasteiger partial charge in [-0.25, -0.2) is 0 Å². The Balaban J connectivity index is 0.00000242. The van der Waals surface area contributed by atoms with E-state index in [-0.39, 0.29) is 24.0 Å². The van der Waals surface area contributed by atoms with Crippen LogP contribution in [0, 0.1) is 5.92 Å². The minimum Gasteiger partial charge on any atom is -0.356 e. The van der Waals surface area contributed by atoms with Crippen molar-refractivity contribution >= 4 is 29.9 Å². The molecule has 1 aliphatic rings. The van der Waals surface area contributed by atoms with E-state index in [2.05, 4.69) is 44.4 Å². The van der Waals surface area contributed by atoms with Gasteiger partial charge in [-0.15, -0.1) is 24.0 Å². The first-order chi connectivity index (χ1) is 10.3. The van der Waals surface area contributed by atoms with E-state index in [0.29, 0.717) is 5.92 Å². The zero-order valence-corrected chi connectivity index (χ0v) is 16.1. The quantitative estimate of drug-likeness (QED) is 0.404. The van der Waals surface area contributed by atoms with Crippen LogP contribution < -0.4 is 10.6 Å². The smallest absolute Gasteiger partial charge is 0.191 e. The molecule has 0 radical (unpaired) electrons. The number of rotatable bonds is 7. The molecule has 22 heavy (non-hydrogen) atoms. The molecule has 126 valence electrons. The standard InChI is InChI=1S/C16H29N5.HI/c1-15(14-21-10-5-6-11-21)13-19-16(17-2)18-7-12-20-8-3-4-9-20;/h3-4,8-9,15H,5-7,10-14H2,1-2H3,(H2,17,18,19);1H. The van der Waals surface area contributed by atoms with Crippen molar-refractivity contribution < 1.29 is 0 Å². The fourth-order valence-corrected chi connectivity index (χ4v) is 2.78. The van der Waals surface area contributed by atoms with Gasteiger partial charge in [0.15, 0.2) is 5.96 Å². The molecule has 1 aromatic heterocycles. The number of halogens is 1. The maximum atomic E-state index is 4.28. The summed E-state index contributed by atoms with van der Waals surface area (Å²) in [6, 6.07) is 4.10. The summed E-state index contributed by atoms with van der Waals surface area (Å²) in [7, 11) is 1.83. The minimum atomic E-state index is 0. The lowest BCUT2D eigenvalue weighted by atomic mass is 10.1. The topological polar surface area (TPSA) is 44.6 Å². The van der Waals surface area contributed by atoms with Crippen molar-refractivity contribution in [3.05, 3.63) is 24.5 Å². The summed E-state index contributed by atoms with van der Waals surface area (Å²) in [6.45, 7) is 8.85. The first-order valence-electron chi connectivity index (χ1n) is 8.05. The first kappa shape index (κ1) is 19.3. The largest absolute Gasteiger partial charge is 0.356 e. The van der Waals surface area contributed by atoms with E-state index < -0.39 is 0 Å². The molecule has 2 heterocycles. The normalized spacial score (nSPS) is 17.1. The van der Waals surface area contributed by atoms with Crippen molar-refractivity contribution in [1.82, 2.24) is 20.1 Å². The van der Waals surface area contributed by atoms with Gasteiger partial charge in [-0.1, -0.05) is 6.92 Å². The molecule has 5 nitrogen and oxygen atoms in total. The van der Waals surface area contributed by atoms with E-state index in [9.17, 15) is 0 Å². The van der Waals surface area contributed by atoms with Crippen LogP contribution in [0.15, 0.2) is 29.5 Å². The van der Waals surface area contributed by atoms with Crippen molar-refractivity contribution in [2.45, 2.75) is 26.3 Å². The maximum absolute atomic E-state index is 4.28. The number of hydrogen-bond acceptors (Lipinski definition) is 2. The van der Waals surface area contributed by atoms with Gasteiger partial charge in [-0.3, -0.25) is 4.99 Å². The zero-order chi connectivity index (χ0) is 14.9. The monoisotopic (exact) mass is 419 g/mol. The Labute approximate surface area is 151 Å². The van der Waals surface area contributed by atoms with Crippen LogP contribution >= 0.6 is 24.0 Å². The second kappa shape index (κ2) is 10.9. The average molecular weight is 419 g/mol. The fraction of sp³-hybridized carbons (Fsp3) is 0.688. The van der Waals surface area contributed by atoms with Crippen LogP contribution in [0.3, 0.4) is 0 Å². The molecule has 1 unspecified atom stereocenters. The van der Waals surface area contributed by atoms with Crippen molar-refractivity contribution in [3.8, 4) is 0 Å². The summed E-state index contributed by atoms with van der Waals surface area (Å²) < 4.78 is 2.16. The van der Waals surface area contributed by atoms with Gasteiger partial charge in [0.2, 0.25) is 0 Å². The third kappa shape index (κ3) is 7.00. The molecular formula is C16H30IN5. The lowest BCUT2D eigenvalue weighted by molar-refractivity contribution is 0.287. The van der Waals surface area contributed by atoms with Gasteiger partial charge in [0.25, 0.3) is 0 Å². The lowest BCUT2D eigenvalue weighted by Crippen LogP contribution is -2.42. The second-order valence-corrected chi connectivity index (χ2v) is 5.91. The summed E-state index contributed by atoms with van der Waals surface area (Å²) in [5.74, 6) is 1.54. The summed E-state index contributed by atoms with van der Waals surface area (Å²) in [4.78, 5) is 6.85. The molecule has 6 heteroatoms. The predicted molar refractivity (Wildman–Crippen MR) is 104 cm³/mol. The number of hydrogen-bond donors (Lipinski definition) is 2. The highest BCUT2D eigenvalue weighted by Crippen LogP contribution is 2.09. The molecule has 1 atom stereocenters. The van der Waals surface area contributed by atoms with Gasteiger partial charge in [0.05, 0.1) is 0 Å². The summed E-state index contributed by atoms with van der Waals surface area (Å²) in [6.07, 6.45) is 6.89. The van der Waals surface area contributed by atoms with Crippen LogP contribution in [0.2, 0.25) is 0 Å². The molecule has 1 fully saturated rings. The third-order valence-corrected chi connectivity index (χ3v) is 3.94. The second-order valence-electron chi connectivity index (χ2n) is 5.91. The zero-order valence-electron chi connectivity index (χ0n) is 13.8. The van der Waals surface area contributed by atoms with Crippen molar-refractivity contribution in [3.63, 3.8) is 0 Å². The van der Waals surface area contributed by atoms with Crippen LogP contribution in [0.4, 0.5) is 0 Å². The van der Waals surface area contributed by atoms with E-state index in [1.54, 1.807) is 0 Å². The first-order valence-corrected chi connectivity index (χ1v) is 8.05. The molecule has 0 aliphatic carbocycles. The number of guanidine groups is 1. The molecule has 1 saturated heterocycles. The summed E-state index contributed by atoms with van der Waals surface area (Å²) >= 11 is 0. The number of nitrogens with one attached hydrogen (secondary N) is 2. The molecule has 1 aliphatic heterocycles. The van der Waals surface area contributed by atoms with Gasteiger partial charge >= 0.3 is 0 Å². The van der Waals surface area contributed by atoms with Crippen LogP contribution in [0.25, 0.3) is 0 Å². The molecule has 2 rings (SSSR count). The van der Waals surface area contributed by atoms with E-state index in [4.69, 9.17) is 0 Å². The summed E-state index contributed by atoms with van der Waals surface area (Å²) in [5.41, 5.74) is 0. The molecule has 0 bridgehead atoms. The highest BCUT2D eigenvalue weighted by molar-refractivity contribution is 14.0. The summed E-state index contributed by atoms with van der Waals surface area (Å²) in [5, 5.41) is 6.79. The van der Waals surface area contributed by atoms with Gasteiger partial charge in [0.1, 0.15) is 0 Å². The Morgan fingerprint density at radius 3 is 2.50 bits per heavy atom. The fourth-order valence-electron chi connectivity index (χ4n) is 2.78. The molecule has 0 amide bonds. The van der Waals surface area contributed by atoms with Gasteiger partial charge in [-0.05, 0) is 44.0 Å². The Morgan fingerprint density at radius 1 is 1.18 bits per heavy atom. The Morgan fingerprint density at radius 2 is 1.86 bits per heavy atom. The van der Waals surface area contributed by atoms with Gasteiger partial charge < -0.3 is 20.1 Å². The molecule has 2 N–H and O–H groups in total. The van der Waals surface area contributed by atoms with Crippen molar-refractivity contribution in [1.29, 1.82) is 0 Å². The number of nitrogens with zero attached hydrogens (tertiary/aromatic N) is 3. The van der Waals surface area contributed by atoms with E-state index in [1.807, 2.05) is 19.2 Å². The van der Waals surface area contributed by atoms with Crippen LogP contribution in [-0.4, -0.2) is 55.2 Å². The van der Waals surface area contributed by atoms with Crippen LogP contribution in [0.5, 0.6) is 0 Å². The van der Waals surface area contributed by atoms with Crippen molar-refractivity contribution in [2.75, 3.05) is 39.8 Å². The van der Waals surface area contributed by atoms with Crippen molar-refractivity contribution in [2.24, 2.45) is 10.9 Å². The third-order valence-electron chi connectivity index (χ3n) is 3.94. The lowest BCUT2D eigenvalue weighted by Gasteiger charge is -2.21. The number of aromatic nitrogens is 1. The van der Waals surface area contributed by atoms with Crippen LogP contribution in [0.1, 0.15) is 19.8 Å². The van der Waals surface area contributed by atoms with Gasteiger partial charge in [-0.2, -0.15) is 0 Å². The number of aliphatic imine (C=N–C) groups is 1. The molecule has 0 spiro atoms. The predicted octanol–water partition coefficient (Wildman–Crippen LogP) is 2.00. The average Bonchev–Trinajstić information content (AvgIpc) is 3.16. The van der Waals surface area contributed by atoms with Crippen LogP contribution in [-0.2, 0) is 6.54 Å². The SMILES string of the molecule is CN=C(NCCn1cccc1)NCC(C)CN1CCCC1.I. The van der Waals surface area contributed by atoms with E-state index in [1.165, 1.54) is 32.5 Å². The number of likely N-dealkylation sites (tertiary alicyclic amines) is 1. The van der Waals surface area contributed by atoms with E-state index >= 15 is 0 Å². The van der Waals surface area contributed by atoms with E-state index in [0.717, 1.165) is 25.6 Å². The molecule has 0 saturated carbocycles. The molecule has 0 aromatic carbocycles. The molecule has 1 aromatic rings. The highest BCUT2D eigenvalue weighted by atomic mass is 127.